The van der Waals surface area contributed by atoms with Crippen molar-refractivity contribution >= 4 is 21.8 Å². The summed E-state index contributed by atoms with van der Waals surface area (Å²) in [6, 6.07) is 42.8. The Morgan fingerprint density at radius 1 is 0.594 bits per heavy atom. The number of nitrogens with zero attached hydrogens (tertiary/aromatic N) is 2. The van der Waals surface area contributed by atoms with Gasteiger partial charge in [0.25, 0.3) is 0 Å². The smallest absolute Gasteiger partial charge is 0.145 e. The van der Waals surface area contributed by atoms with Gasteiger partial charge in [0.2, 0.25) is 0 Å². The summed E-state index contributed by atoms with van der Waals surface area (Å²) < 4.78 is 2.25. The number of benzene rings is 5. The molecule has 6 aromatic rings. The lowest BCUT2D eigenvalue weighted by molar-refractivity contribution is 1.10. The number of hydrogen-bond donors (Lipinski definition) is 0. The van der Waals surface area contributed by atoms with Crippen molar-refractivity contribution in [2.24, 2.45) is 0 Å². The van der Waals surface area contributed by atoms with Crippen LogP contribution in [0.25, 0.3) is 38.9 Å². The molecule has 0 aliphatic rings. The molecule has 0 aliphatic heterocycles. The molecule has 0 spiro atoms. The lowest BCUT2D eigenvalue weighted by Gasteiger charge is -2.11. The van der Waals surface area contributed by atoms with Gasteiger partial charge in [-0.3, -0.25) is 4.57 Å². The Balaban J connectivity index is 1.40. The molecule has 1 aromatic heterocycles. The molecular weight excluding hydrogens is 388 g/mol. The summed E-state index contributed by atoms with van der Waals surface area (Å²) in [5.74, 6) is 0.967. The number of para-hydroxylation sites is 3. The van der Waals surface area contributed by atoms with E-state index in [-0.39, 0.29) is 0 Å². The average molecular weight is 411 g/mol. The minimum atomic E-state index is 0.913. The zero-order chi connectivity index (χ0) is 21.3. The zero-order valence-electron chi connectivity index (χ0n) is 17.6. The first kappa shape index (κ1) is 18.6. The summed E-state index contributed by atoms with van der Waals surface area (Å²) in [6.07, 6.45) is 0.913. The van der Waals surface area contributed by atoms with E-state index in [1.807, 2.05) is 12.1 Å². The van der Waals surface area contributed by atoms with Crippen LogP contribution in [0, 0.1) is 0 Å². The van der Waals surface area contributed by atoms with Crippen molar-refractivity contribution in [3.63, 3.8) is 0 Å². The van der Waals surface area contributed by atoms with Gasteiger partial charge in [-0.25, -0.2) is 4.98 Å². The predicted octanol–water partition coefficient (Wildman–Crippen LogP) is 7.44. The van der Waals surface area contributed by atoms with Crippen LogP contribution in [-0.4, -0.2) is 9.55 Å². The second-order valence-electron chi connectivity index (χ2n) is 8.11. The van der Waals surface area contributed by atoms with Crippen LogP contribution in [0.2, 0.25) is 0 Å². The molecule has 0 atom stereocenters. The van der Waals surface area contributed by atoms with Crippen LogP contribution in [-0.2, 0) is 6.42 Å². The zero-order valence-corrected chi connectivity index (χ0v) is 17.6. The fourth-order valence-electron chi connectivity index (χ4n) is 4.50. The molecule has 0 aliphatic carbocycles. The standard InChI is InChI=1S/C30H22N2/c1-2-12-26(13-3-1)32-29-16-7-6-15-28(29)31-30(32)24-19-17-22(18-20-24)21-25-11-8-10-23-9-4-5-14-27(23)25/h1-20H,21H2. The van der Waals surface area contributed by atoms with Gasteiger partial charge in [-0.05, 0) is 52.6 Å². The number of aromatic nitrogens is 2. The molecule has 0 radical (unpaired) electrons. The Morgan fingerprint density at radius 3 is 2.19 bits per heavy atom. The Kier molecular flexibility index (Phi) is 4.54. The van der Waals surface area contributed by atoms with E-state index in [9.17, 15) is 0 Å². The summed E-state index contributed by atoms with van der Waals surface area (Å²) in [5, 5.41) is 2.61. The molecule has 0 saturated carbocycles. The van der Waals surface area contributed by atoms with E-state index < -0.39 is 0 Å². The summed E-state index contributed by atoms with van der Waals surface area (Å²) in [6.45, 7) is 0. The Labute approximate surface area is 187 Å². The van der Waals surface area contributed by atoms with E-state index >= 15 is 0 Å². The summed E-state index contributed by atoms with van der Waals surface area (Å²) in [7, 11) is 0. The number of imidazole rings is 1. The fraction of sp³-hybridized carbons (Fsp3) is 0.0333. The number of fused-ring (bicyclic) bond motifs is 2. The molecule has 5 aromatic carbocycles. The molecule has 0 amide bonds. The van der Waals surface area contributed by atoms with E-state index in [1.165, 1.54) is 21.9 Å². The summed E-state index contributed by atoms with van der Waals surface area (Å²) in [5.41, 5.74) is 7.02. The molecule has 1 heterocycles. The van der Waals surface area contributed by atoms with Crippen LogP contribution >= 0.6 is 0 Å². The van der Waals surface area contributed by atoms with E-state index in [1.54, 1.807) is 0 Å². The molecule has 0 N–H and O–H groups in total. The van der Waals surface area contributed by atoms with Gasteiger partial charge in [0, 0.05) is 11.3 Å². The predicted molar refractivity (Wildman–Crippen MR) is 133 cm³/mol. The van der Waals surface area contributed by atoms with E-state index in [0.717, 1.165) is 34.5 Å². The maximum absolute atomic E-state index is 4.98. The second kappa shape index (κ2) is 7.82. The molecule has 0 saturated heterocycles. The van der Waals surface area contributed by atoms with Crippen LogP contribution in [0.15, 0.2) is 121 Å². The topological polar surface area (TPSA) is 17.8 Å². The average Bonchev–Trinajstić information content (AvgIpc) is 3.25. The Hall–Kier alpha value is -4.17. The van der Waals surface area contributed by atoms with Crippen molar-refractivity contribution in [1.29, 1.82) is 0 Å². The minimum absolute atomic E-state index is 0.913. The highest BCUT2D eigenvalue weighted by Crippen LogP contribution is 2.29. The van der Waals surface area contributed by atoms with Gasteiger partial charge in [0.05, 0.1) is 11.0 Å². The van der Waals surface area contributed by atoms with Gasteiger partial charge in [0.15, 0.2) is 0 Å². The summed E-state index contributed by atoms with van der Waals surface area (Å²) >= 11 is 0. The van der Waals surface area contributed by atoms with Crippen molar-refractivity contribution in [3.8, 4) is 17.1 Å². The highest BCUT2D eigenvalue weighted by molar-refractivity contribution is 5.86. The lowest BCUT2D eigenvalue weighted by Crippen LogP contribution is -1.97. The van der Waals surface area contributed by atoms with Crippen LogP contribution < -0.4 is 0 Å². The quantitative estimate of drug-likeness (QED) is 0.295. The first-order valence-electron chi connectivity index (χ1n) is 11.0. The monoisotopic (exact) mass is 410 g/mol. The van der Waals surface area contributed by atoms with Crippen LogP contribution in [0.3, 0.4) is 0 Å². The highest BCUT2D eigenvalue weighted by atomic mass is 15.1. The number of hydrogen-bond acceptors (Lipinski definition) is 1. The minimum Gasteiger partial charge on any atom is -0.292 e. The molecule has 6 rings (SSSR count). The first-order chi connectivity index (χ1) is 15.9. The molecule has 2 nitrogen and oxygen atoms in total. The van der Waals surface area contributed by atoms with Crippen molar-refractivity contribution in [3.05, 3.63) is 132 Å². The molecule has 2 heteroatoms. The van der Waals surface area contributed by atoms with Crippen LogP contribution in [0.4, 0.5) is 0 Å². The molecule has 0 fully saturated rings. The van der Waals surface area contributed by atoms with Gasteiger partial charge < -0.3 is 0 Å². The van der Waals surface area contributed by atoms with Crippen molar-refractivity contribution in [2.75, 3.05) is 0 Å². The molecule has 152 valence electrons. The normalized spacial score (nSPS) is 11.2. The molecular formula is C30H22N2. The Morgan fingerprint density at radius 2 is 1.31 bits per heavy atom. The lowest BCUT2D eigenvalue weighted by atomic mass is 9.98. The maximum Gasteiger partial charge on any atom is 0.145 e. The summed E-state index contributed by atoms with van der Waals surface area (Å²) in [4.78, 5) is 4.98. The van der Waals surface area contributed by atoms with Gasteiger partial charge in [-0.15, -0.1) is 0 Å². The van der Waals surface area contributed by atoms with Crippen molar-refractivity contribution in [1.82, 2.24) is 9.55 Å². The third-order valence-electron chi connectivity index (χ3n) is 6.06. The fourth-order valence-corrected chi connectivity index (χ4v) is 4.50. The SMILES string of the molecule is c1ccc(-n2c(-c3ccc(Cc4cccc5ccccc45)cc3)nc3ccccc32)cc1. The molecule has 0 bridgehead atoms. The largest absolute Gasteiger partial charge is 0.292 e. The van der Waals surface area contributed by atoms with E-state index in [2.05, 4.69) is 114 Å². The first-order valence-corrected chi connectivity index (χ1v) is 11.0. The maximum atomic E-state index is 4.98. The van der Waals surface area contributed by atoms with E-state index in [4.69, 9.17) is 4.98 Å². The highest BCUT2D eigenvalue weighted by Gasteiger charge is 2.14. The second-order valence-corrected chi connectivity index (χ2v) is 8.11. The van der Waals surface area contributed by atoms with Crippen LogP contribution in [0.1, 0.15) is 11.1 Å². The third kappa shape index (κ3) is 3.27. The van der Waals surface area contributed by atoms with Crippen molar-refractivity contribution in [2.45, 2.75) is 6.42 Å². The third-order valence-corrected chi connectivity index (χ3v) is 6.06. The van der Waals surface area contributed by atoms with Gasteiger partial charge >= 0.3 is 0 Å². The van der Waals surface area contributed by atoms with Gasteiger partial charge in [0.1, 0.15) is 5.82 Å². The molecule has 0 unspecified atom stereocenters. The Bertz CT molecular complexity index is 1520. The van der Waals surface area contributed by atoms with Crippen molar-refractivity contribution < 1.29 is 0 Å². The van der Waals surface area contributed by atoms with E-state index in [0.29, 0.717) is 0 Å². The molecule has 32 heavy (non-hydrogen) atoms. The van der Waals surface area contributed by atoms with Crippen LogP contribution in [0.5, 0.6) is 0 Å². The van der Waals surface area contributed by atoms with Gasteiger partial charge in [-0.1, -0.05) is 97.1 Å². The number of rotatable bonds is 4. The van der Waals surface area contributed by atoms with Gasteiger partial charge in [-0.2, -0.15) is 0 Å².